The van der Waals surface area contributed by atoms with E-state index in [1.54, 1.807) is 32.2 Å². The molecule has 13 heteroatoms. The molecule has 3 aromatic carbocycles. The molecule has 1 aliphatic rings. The summed E-state index contributed by atoms with van der Waals surface area (Å²) in [6.07, 6.45) is -4.37. The summed E-state index contributed by atoms with van der Waals surface area (Å²) in [7, 11) is 3.77. The molecular weight excluding hydrogens is 585 g/mol. The van der Waals surface area contributed by atoms with Gasteiger partial charge in [0.05, 0.1) is 5.56 Å². The van der Waals surface area contributed by atoms with Crippen molar-refractivity contribution in [3.8, 4) is 0 Å². The Hall–Kier alpha value is -4.88. The number of carbonyl (C=O) groups is 1. The molecule has 1 aromatic heterocycles. The van der Waals surface area contributed by atoms with Crippen LogP contribution in [0.4, 0.5) is 47.6 Å². The maximum Gasteiger partial charge on any atom is 0.416 e. The van der Waals surface area contributed by atoms with E-state index in [2.05, 4.69) is 54.9 Å². The lowest BCUT2D eigenvalue weighted by Crippen LogP contribution is -2.44. The number of benzene rings is 3. The number of halogens is 3. The van der Waals surface area contributed by atoms with Crippen LogP contribution in [0, 0.1) is 6.92 Å². The average molecular weight is 621 g/mol. The summed E-state index contributed by atoms with van der Waals surface area (Å²) in [5.41, 5.74) is 2.57. The number of carbonyl (C=O) groups excluding carboxylic acids is 1. The molecule has 1 amide bonds. The van der Waals surface area contributed by atoms with Gasteiger partial charge in [0.2, 0.25) is 6.35 Å². The number of hydrogen-bond donors (Lipinski definition) is 4. The highest BCUT2D eigenvalue weighted by molar-refractivity contribution is 6.05. The van der Waals surface area contributed by atoms with Crippen molar-refractivity contribution >= 4 is 40.3 Å². The van der Waals surface area contributed by atoms with Crippen LogP contribution in [0.1, 0.15) is 21.5 Å². The molecule has 1 atom stereocenters. The zero-order valence-corrected chi connectivity index (χ0v) is 25.1. The van der Waals surface area contributed by atoms with E-state index in [1.807, 2.05) is 12.1 Å². The monoisotopic (exact) mass is 620 g/mol. The highest BCUT2D eigenvalue weighted by Crippen LogP contribution is 2.31. The lowest BCUT2D eigenvalue weighted by atomic mass is 10.1. The standard InChI is InChI=1S/C32H35F3N8O2/c1-21-7-8-22(30(44)39-25-6-4-5-23(18-25)32(33,34)35)17-27(21)40-31(45)42(3)29-19-28(36-20-37-29)38-24-9-11-26(12-10-24)43-15-13-41(2)14-16-43/h4-12,17-20,31,40,45H,13-16H2,1-3H3,(H,39,44)(H,36,37,38). The molecule has 0 radical (unpaired) electrons. The first-order valence-electron chi connectivity index (χ1n) is 14.4. The fraction of sp³-hybridized carbons (Fsp3) is 0.281. The molecule has 5 rings (SSSR count). The van der Waals surface area contributed by atoms with Gasteiger partial charge >= 0.3 is 6.18 Å². The van der Waals surface area contributed by atoms with Crippen LogP contribution in [0.25, 0.3) is 0 Å². The van der Waals surface area contributed by atoms with Crippen LogP contribution < -0.4 is 25.8 Å². The Bertz CT molecular complexity index is 1630. The van der Waals surface area contributed by atoms with Crippen LogP contribution in [0.3, 0.4) is 0 Å². The summed E-state index contributed by atoms with van der Waals surface area (Å²) in [5.74, 6) is 0.372. The summed E-state index contributed by atoms with van der Waals surface area (Å²) < 4.78 is 39.2. The first kappa shape index (κ1) is 31.5. The Balaban J connectivity index is 1.22. The van der Waals surface area contributed by atoms with Crippen molar-refractivity contribution in [3.05, 3.63) is 95.8 Å². The number of nitrogens with zero attached hydrogens (tertiary/aromatic N) is 5. The van der Waals surface area contributed by atoms with Crippen molar-refractivity contribution in [2.24, 2.45) is 0 Å². The fourth-order valence-corrected chi connectivity index (χ4v) is 4.83. The lowest BCUT2D eigenvalue weighted by Gasteiger charge is -2.34. The van der Waals surface area contributed by atoms with Crippen molar-refractivity contribution in [1.82, 2.24) is 14.9 Å². The highest BCUT2D eigenvalue weighted by atomic mass is 19.4. The number of aryl methyl sites for hydroxylation is 1. The minimum atomic E-state index is -4.53. The number of nitrogens with one attached hydrogen (secondary N) is 3. The second-order valence-corrected chi connectivity index (χ2v) is 10.9. The maximum absolute atomic E-state index is 13.1. The van der Waals surface area contributed by atoms with Crippen molar-refractivity contribution in [2.45, 2.75) is 19.5 Å². The number of aromatic nitrogens is 2. The Morgan fingerprint density at radius 3 is 2.40 bits per heavy atom. The van der Waals surface area contributed by atoms with E-state index < -0.39 is 24.0 Å². The van der Waals surface area contributed by atoms with Crippen LogP contribution in [0.15, 0.2) is 79.1 Å². The summed E-state index contributed by atoms with van der Waals surface area (Å²) in [6, 6.07) is 19.0. The minimum Gasteiger partial charge on any atom is -0.369 e. The van der Waals surface area contributed by atoms with Crippen LogP contribution >= 0.6 is 0 Å². The van der Waals surface area contributed by atoms with Crippen molar-refractivity contribution in [3.63, 3.8) is 0 Å². The van der Waals surface area contributed by atoms with Crippen LogP contribution in [-0.2, 0) is 6.18 Å². The van der Waals surface area contributed by atoms with Crippen LogP contribution in [0.5, 0.6) is 0 Å². The summed E-state index contributed by atoms with van der Waals surface area (Å²) >= 11 is 0. The van der Waals surface area contributed by atoms with E-state index in [1.165, 1.54) is 35.1 Å². The Labute approximate surface area is 259 Å². The third kappa shape index (κ3) is 7.99. The smallest absolute Gasteiger partial charge is 0.369 e. The quantitative estimate of drug-likeness (QED) is 0.184. The fourth-order valence-electron chi connectivity index (χ4n) is 4.83. The molecule has 45 heavy (non-hydrogen) atoms. The molecule has 2 heterocycles. The Kier molecular flexibility index (Phi) is 9.40. The number of alkyl halides is 3. The molecule has 0 spiro atoms. The number of anilines is 6. The van der Waals surface area contributed by atoms with Gasteiger partial charge in [-0.25, -0.2) is 9.97 Å². The topological polar surface area (TPSA) is 109 Å². The van der Waals surface area contributed by atoms with E-state index in [-0.39, 0.29) is 11.3 Å². The molecule has 1 fully saturated rings. The van der Waals surface area contributed by atoms with E-state index >= 15 is 0 Å². The molecule has 0 bridgehead atoms. The van der Waals surface area contributed by atoms with Gasteiger partial charge < -0.3 is 35.8 Å². The third-order valence-corrected chi connectivity index (χ3v) is 7.62. The minimum absolute atomic E-state index is 0.0174. The van der Waals surface area contributed by atoms with Crippen LogP contribution in [0.2, 0.25) is 0 Å². The zero-order chi connectivity index (χ0) is 32.1. The SMILES string of the molecule is Cc1ccc(C(=O)Nc2cccc(C(F)(F)F)c2)cc1NC(O)N(C)c1cc(Nc2ccc(N3CCN(C)CC3)cc2)ncn1. The van der Waals surface area contributed by atoms with E-state index in [0.29, 0.717) is 17.3 Å². The molecule has 1 unspecified atom stereocenters. The number of amides is 1. The van der Waals surface area contributed by atoms with Gasteiger partial charge in [0.15, 0.2) is 0 Å². The number of aliphatic hydroxyl groups excluding tert-OH is 1. The number of aliphatic hydroxyl groups is 1. The van der Waals surface area contributed by atoms with E-state index in [4.69, 9.17) is 0 Å². The lowest BCUT2D eigenvalue weighted by molar-refractivity contribution is -0.137. The van der Waals surface area contributed by atoms with Gasteiger partial charge in [0, 0.05) is 67.6 Å². The van der Waals surface area contributed by atoms with Crippen LogP contribution in [-0.4, -0.2) is 72.5 Å². The normalized spacial score (nSPS) is 14.5. The molecule has 4 aromatic rings. The average Bonchev–Trinajstić information content (AvgIpc) is 3.02. The summed E-state index contributed by atoms with van der Waals surface area (Å²) in [5, 5.41) is 19.7. The molecule has 1 aliphatic heterocycles. The molecule has 0 aliphatic carbocycles. The van der Waals surface area contributed by atoms with Gasteiger partial charge in [0.25, 0.3) is 5.91 Å². The number of hydrogen-bond acceptors (Lipinski definition) is 9. The Morgan fingerprint density at radius 2 is 1.69 bits per heavy atom. The molecule has 236 valence electrons. The zero-order valence-electron chi connectivity index (χ0n) is 25.1. The van der Waals surface area contributed by atoms with Crippen molar-refractivity contribution < 1.29 is 23.1 Å². The molecule has 10 nitrogen and oxygen atoms in total. The predicted octanol–water partition coefficient (Wildman–Crippen LogP) is 5.38. The van der Waals surface area contributed by atoms with Gasteiger partial charge in [-0.05, 0) is 74.1 Å². The largest absolute Gasteiger partial charge is 0.416 e. The molecule has 4 N–H and O–H groups in total. The van der Waals surface area contributed by atoms with E-state index in [0.717, 1.165) is 49.6 Å². The third-order valence-electron chi connectivity index (χ3n) is 7.62. The van der Waals surface area contributed by atoms with E-state index in [9.17, 15) is 23.1 Å². The second-order valence-electron chi connectivity index (χ2n) is 10.9. The predicted molar refractivity (Wildman–Crippen MR) is 170 cm³/mol. The second kappa shape index (κ2) is 13.4. The molecule has 1 saturated heterocycles. The first-order valence-corrected chi connectivity index (χ1v) is 14.4. The highest BCUT2D eigenvalue weighted by Gasteiger charge is 2.30. The number of piperazine rings is 1. The molecular formula is C32H35F3N8O2. The number of likely N-dealkylation sites (N-methyl/N-ethyl adjacent to an activating group) is 1. The van der Waals surface area contributed by atoms with Crippen molar-refractivity contribution in [1.29, 1.82) is 0 Å². The maximum atomic E-state index is 13.1. The van der Waals surface area contributed by atoms with Gasteiger partial charge in [-0.3, -0.25) is 4.79 Å². The van der Waals surface area contributed by atoms with Gasteiger partial charge in [-0.2, -0.15) is 13.2 Å². The van der Waals surface area contributed by atoms with Gasteiger partial charge in [-0.15, -0.1) is 0 Å². The number of rotatable bonds is 9. The van der Waals surface area contributed by atoms with Gasteiger partial charge in [-0.1, -0.05) is 12.1 Å². The van der Waals surface area contributed by atoms with Crippen molar-refractivity contribution in [2.75, 3.05) is 66.0 Å². The summed E-state index contributed by atoms with van der Waals surface area (Å²) in [6.45, 7) is 5.82. The van der Waals surface area contributed by atoms with Gasteiger partial charge in [0.1, 0.15) is 18.0 Å². The Morgan fingerprint density at radius 1 is 0.956 bits per heavy atom. The first-order chi connectivity index (χ1) is 21.5. The summed E-state index contributed by atoms with van der Waals surface area (Å²) in [4.78, 5) is 27.6. The molecule has 0 saturated carbocycles.